The zero-order chi connectivity index (χ0) is 24.7. The van der Waals surface area contributed by atoms with Crippen LogP contribution in [-0.4, -0.2) is 66.1 Å². The SMILES string of the molecule is CC(=O)OC[C@@H]1O[C@@H](Oc2ccccc2[N+](=O)[O-])[C@@H](OC(C)=O)[C@@H](OC(C)=O)[C@H]1OC(C)=O. The third-order valence-electron chi connectivity index (χ3n) is 4.25. The minimum absolute atomic E-state index is 0.233. The molecule has 1 aliphatic rings. The largest absolute Gasteiger partial charge is 0.463 e. The van der Waals surface area contributed by atoms with Gasteiger partial charge in [-0.2, -0.15) is 0 Å². The lowest BCUT2D eigenvalue weighted by atomic mass is 9.98. The van der Waals surface area contributed by atoms with Crippen molar-refractivity contribution >= 4 is 29.6 Å². The van der Waals surface area contributed by atoms with Gasteiger partial charge in [0.2, 0.25) is 12.4 Å². The van der Waals surface area contributed by atoms with Crippen molar-refractivity contribution in [1.82, 2.24) is 0 Å². The van der Waals surface area contributed by atoms with Crippen molar-refractivity contribution < 1.29 is 52.5 Å². The van der Waals surface area contributed by atoms with Crippen LogP contribution in [0.5, 0.6) is 5.75 Å². The van der Waals surface area contributed by atoms with E-state index in [-0.39, 0.29) is 5.75 Å². The smallest absolute Gasteiger partial charge is 0.311 e. The number of nitrogens with zero attached hydrogens (tertiary/aromatic N) is 1. The zero-order valence-corrected chi connectivity index (χ0v) is 18.2. The summed E-state index contributed by atoms with van der Waals surface area (Å²) in [7, 11) is 0. The van der Waals surface area contributed by atoms with Crippen molar-refractivity contribution in [3.63, 3.8) is 0 Å². The number of carbonyl (C=O) groups excluding carboxylic acids is 4. The highest BCUT2D eigenvalue weighted by Gasteiger charge is 2.53. The lowest BCUT2D eigenvalue weighted by Crippen LogP contribution is -2.63. The predicted octanol–water partition coefficient (Wildman–Crippen LogP) is 1.06. The summed E-state index contributed by atoms with van der Waals surface area (Å²) >= 11 is 0. The molecule has 1 aliphatic heterocycles. The Kier molecular flexibility index (Phi) is 8.68. The molecule has 0 aromatic heterocycles. The summed E-state index contributed by atoms with van der Waals surface area (Å²) in [6.07, 6.45) is -7.10. The van der Waals surface area contributed by atoms with Gasteiger partial charge in [0.25, 0.3) is 0 Å². The van der Waals surface area contributed by atoms with Crippen molar-refractivity contribution in [1.29, 1.82) is 0 Å². The Balaban J connectivity index is 2.51. The predicted molar refractivity (Wildman–Crippen MR) is 106 cm³/mol. The van der Waals surface area contributed by atoms with Crippen molar-refractivity contribution in [2.75, 3.05) is 6.61 Å². The first-order chi connectivity index (χ1) is 15.5. The first-order valence-electron chi connectivity index (χ1n) is 9.70. The highest BCUT2D eigenvalue weighted by molar-refractivity contribution is 5.68. The molecule has 0 spiro atoms. The molecule has 1 saturated heterocycles. The number of nitro groups is 1. The molecule has 0 N–H and O–H groups in total. The maximum atomic E-state index is 11.8. The molecule has 1 fully saturated rings. The molecular formula is C20H23NO12. The minimum atomic E-state index is -1.56. The Morgan fingerprint density at radius 2 is 1.42 bits per heavy atom. The Morgan fingerprint density at radius 1 is 0.879 bits per heavy atom. The molecule has 0 unspecified atom stereocenters. The topological polar surface area (TPSA) is 167 Å². The van der Waals surface area contributed by atoms with E-state index in [1.54, 1.807) is 0 Å². The number of carbonyl (C=O) groups is 4. The van der Waals surface area contributed by atoms with Crippen molar-refractivity contribution in [3.05, 3.63) is 34.4 Å². The van der Waals surface area contributed by atoms with E-state index in [2.05, 4.69) is 0 Å². The second kappa shape index (κ2) is 11.2. The van der Waals surface area contributed by atoms with Gasteiger partial charge in [0.1, 0.15) is 12.7 Å². The normalized spacial score (nSPS) is 24.2. The Labute approximate surface area is 188 Å². The van der Waals surface area contributed by atoms with Crippen molar-refractivity contribution in [2.45, 2.75) is 58.4 Å². The highest BCUT2D eigenvalue weighted by atomic mass is 16.7. The molecule has 1 aromatic rings. The third kappa shape index (κ3) is 7.14. The van der Waals surface area contributed by atoms with Gasteiger partial charge in [-0.25, -0.2) is 0 Å². The van der Waals surface area contributed by atoms with E-state index in [9.17, 15) is 29.3 Å². The monoisotopic (exact) mass is 469 g/mol. The molecule has 0 aliphatic carbocycles. The van der Waals surface area contributed by atoms with Gasteiger partial charge in [-0.1, -0.05) is 12.1 Å². The number of ether oxygens (including phenoxy) is 6. The summed E-state index contributed by atoms with van der Waals surface area (Å²) in [5, 5.41) is 11.4. The summed E-state index contributed by atoms with van der Waals surface area (Å²) in [6, 6.07) is 5.35. The van der Waals surface area contributed by atoms with E-state index < -0.39 is 71.8 Å². The molecule has 0 saturated carbocycles. The number of esters is 4. The van der Waals surface area contributed by atoms with E-state index in [0.29, 0.717) is 0 Å². The van der Waals surface area contributed by atoms with Crippen LogP contribution in [0, 0.1) is 10.1 Å². The third-order valence-corrected chi connectivity index (χ3v) is 4.25. The van der Waals surface area contributed by atoms with Crippen LogP contribution in [-0.2, 0) is 42.9 Å². The molecule has 2 rings (SSSR count). The number of para-hydroxylation sites is 2. The fraction of sp³-hybridized carbons (Fsp3) is 0.500. The summed E-state index contributed by atoms with van der Waals surface area (Å²) in [5.41, 5.74) is -0.412. The van der Waals surface area contributed by atoms with Crippen LogP contribution in [0.1, 0.15) is 27.7 Å². The molecular weight excluding hydrogens is 446 g/mol. The molecule has 0 amide bonds. The highest BCUT2D eigenvalue weighted by Crippen LogP contribution is 2.34. The average molecular weight is 469 g/mol. The van der Waals surface area contributed by atoms with Gasteiger partial charge in [-0.15, -0.1) is 0 Å². The van der Waals surface area contributed by atoms with Gasteiger partial charge in [0.05, 0.1) is 4.92 Å². The zero-order valence-electron chi connectivity index (χ0n) is 18.2. The summed E-state index contributed by atoms with van der Waals surface area (Å²) in [4.78, 5) is 57.3. The van der Waals surface area contributed by atoms with Crippen LogP contribution in [0.4, 0.5) is 5.69 Å². The molecule has 13 nitrogen and oxygen atoms in total. The Morgan fingerprint density at radius 3 is 1.97 bits per heavy atom. The lowest BCUT2D eigenvalue weighted by Gasteiger charge is -2.43. The number of nitro benzene ring substituents is 1. The molecule has 1 aromatic carbocycles. The number of rotatable bonds is 8. The van der Waals surface area contributed by atoms with Gasteiger partial charge < -0.3 is 28.4 Å². The maximum Gasteiger partial charge on any atom is 0.311 e. The van der Waals surface area contributed by atoms with Gasteiger partial charge in [0, 0.05) is 33.8 Å². The molecule has 1 heterocycles. The Bertz CT molecular complexity index is 916. The molecule has 0 bridgehead atoms. The van der Waals surface area contributed by atoms with Crippen LogP contribution >= 0.6 is 0 Å². The quantitative estimate of drug-likeness (QED) is 0.230. The van der Waals surface area contributed by atoms with Crippen LogP contribution in [0.2, 0.25) is 0 Å². The Hall–Kier alpha value is -3.74. The number of hydrogen-bond donors (Lipinski definition) is 0. The molecule has 33 heavy (non-hydrogen) atoms. The van der Waals surface area contributed by atoms with Crippen molar-refractivity contribution in [3.8, 4) is 5.75 Å². The maximum absolute atomic E-state index is 11.8. The lowest BCUT2D eigenvalue weighted by molar-refractivity contribution is -0.387. The number of benzene rings is 1. The van der Waals surface area contributed by atoms with Gasteiger partial charge in [0.15, 0.2) is 18.0 Å². The molecule has 5 atom stereocenters. The number of hydrogen-bond acceptors (Lipinski definition) is 12. The standard InChI is InChI=1S/C20H23NO12/c1-10(22)28-9-16-17(29-11(2)23)18(30-12(3)24)19(31-13(4)25)20(33-16)32-15-8-6-5-7-14(15)21(26)27/h5-8,16-20H,9H2,1-4H3/t16-,17-,18-,19-,20+/m0/s1. The van der Waals surface area contributed by atoms with Gasteiger partial charge in [-0.3, -0.25) is 29.3 Å². The second-order valence-electron chi connectivity index (χ2n) is 6.91. The van der Waals surface area contributed by atoms with Crippen LogP contribution < -0.4 is 4.74 Å². The van der Waals surface area contributed by atoms with E-state index in [1.807, 2.05) is 0 Å². The second-order valence-corrected chi connectivity index (χ2v) is 6.91. The van der Waals surface area contributed by atoms with Crippen molar-refractivity contribution in [2.24, 2.45) is 0 Å². The van der Waals surface area contributed by atoms with Crippen LogP contribution in [0.25, 0.3) is 0 Å². The van der Waals surface area contributed by atoms with Crippen LogP contribution in [0.3, 0.4) is 0 Å². The molecule has 180 valence electrons. The first-order valence-corrected chi connectivity index (χ1v) is 9.70. The minimum Gasteiger partial charge on any atom is -0.463 e. The van der Waals surface area contributed by atoms with E-state index in [1.165, 1.54) is 24.3 Å². The summed E-state index contributed by atoms with van der Waals surface area (Å²) < 4.78 is 32.1. The molecule has 0 radical (unpaired) electrons. The fourth-order valence-corrected chi connectivity index (χ4v) is 3.12. The van der Waals surface area contributed by atoms with E-state index in [4.69, 9.17) is 28.4 Å². The fourth-order valence-electron chi connectivity index (χ4n) is 3.12. The molecule has 13 heteroatoms. The summed E-state index contributed by atoms with van der Waals surface area (Å²) in [6.45, 7) is 3.91. The van der Waals surface area contributed by atoms with E-state index >= 15 is 0 Å². The van der Waals surface area contributed by atoms with Crippen LogP contribution in [0.15, 0.2) is 24.3 Å². The van der Waals surface area contributed by atoms with Gasteiger partial charge >= 0.3 is 29.6 Å². The van der Waals surface area contributed by atoms with Gasteiger partial charge in [-0.05, 0) is 6.07 Å². The first kappa shape index (κ1) is 25.5. The van der Waals surface area contributed by atoms with E-state index in [0.717, 1.165) is 27.7 Å². The average Bonchev–Trinajstić information content (AvgIpc) is 2.70. The summed E-state index contributed by atoms with van der Waals surface area (Å²) in [5.74, 6) is -3.33.